The Kier molecular flexibility index (Phi) is 4.81. The fraction of sp³-hybridized carbons (Fsp3) is 0.348. The van der Waals surface area contributed by atoms with Crippen molar-refractivity contribution in [3.63, 3.8) is 0 Å². The average molecular weight is 439 g/mol. The van der Waals surface area contributed by atoms with Crippen molar-refractivity contribution in [2.45, 2.75) is 38.0 Å². The van der Waals surface area contributed by atoms with Crippen LogP contribution < -0.4 is 10.2 Å². The number of hydrogen-bond donors (Lipinski definition) is 2. The van der Waals surface area contributed by atoms with E-state index in [2.05, 4.69) is 16.2 Å². The first-order valence-corrected chi connectivity index (χ1v) is 11.1. The van der Waals surface area contributed by atoms with Gasteiger partial charge in [0.2, 0.25) is 5.43 Å². The highest BCUT2D eigenvalue weighted by molar-refractivity contribution is 7.16. The van der Waals surface area contributed by atoms with E-state index in [1.54, 1.807) is 25.6 Å². The van der Waals surface area contributed by atoms with Crippen molar-refractivity contribution in [1.82, 2.24) is 4.98 Å². The Morgan fingerprint density at radius 2 is 2.06 bits per heavy atom. The first kappa shape index (κ1) is 19.8. The van der Waals surface area contributed by atoms with Crippen molar-refractivity contribution in [3.05, 3.63) is 50.1 Å². The van der Waals surface area contributed by atoms with Gasteiger partial charge in [0.25, 0.3) is 0 Å². The first-order chi connectivity index (χ1) is 15.0. The van der Waals surface area contributed by atoms with Gasteiger partial charge in [-0.05, 0) is 55.7 Å². The maximum atomic E-state index is 12.9. The van der Waals surface area contributed by atoms with Gasteiger partial charge in [-0.25, -0.2) is 4.79 Å². The number of benzene rings is 1. The predicted octanol–water partition coefficient (Wildman–Crippen LogP) is 4.53. The number of rotatable bonds is 5. The number of H-pyrrole nitrogens is 1. The number of carbonyl (C=O) groups is 1. The van der Waals surface area contributed by atoms with E-state index in [4.69, 9.17) is 9.57 Å². The molecule has 0 unspecified atom stereocenters. The van der Waals surface area contributed by atoms with Crippen LogP contribution in [0.15, 0.2) is 28.3 Å². The quantitative estimate of drug-likeness (QED) is 0.570. The molecular weight excluding hydrogens is 416 g/mol. The molecule has 31 heavy (non-hydrogen) atoms. The number of carboxylic acid groups (broad SMARTS) is 1. The molecule has 5 rings (SSSR count). The minimum absolute atomic E-state index is 0.268. The lowest BCUT2D eigenvalue weighted by Gasteiger charge is -2.16. The zero-order valence-electron chi connectivity index (χ0n) is 17.3. The maximum Gasteiger partial charge on any atom is 0.341 e. The zero-order chi connectivity index (χ0) is 21.7. The van der Waals surface area contributed by atoms with E-state index >= 15 is 0 Å². The molecule has 0 amide bonds. The predicted molar refractivity (Wildman–Crippen MR) is 120 cm³/mol. The molecule has 2 aliphatic carbocycles. The van der Waals surface area contributed by atoms with E-state index in [1.165, 1.54) is 11.1 Å². The highest BCUT2D eigenvalue weighted by Crippen LogP contribution is 2.51. The van der Waals surface area contributed by atoms with Gasteiger partial charge >= 0.3 is 5.97 Å². The minimum Gasteiger partial charge on any atom is -0.494 e. The van der Waals surface area contributed by atoms with Crippen LogP contribution in [0.25, 0.3) is 21.3 Å². The van der Waals surface area contributed by atoms with Crippen LogP contribution in [0, 0.1) is 0 Å². The summed E-state index contributed by atoms with van der Waals surface area (Å²) in [6, 6.07) is 4.01. The second-order valence-corrected chi connectivity index (χ2v) is 9.07. The van der Waals surface area contributed by atoms with Crippen LogP contribution in [0.4, 0.5) is 0 Å². The fourth-order valence-corrected chi connectivity index (χ4v) is 5.71. The molecule has 0 bridgehead atoms. The van der Waals surface area contributed by atoms with Gasteiger partial charge in [-0.3, -0.25) is 4.79 Å². The molecule has 0 atom stereocenters. The van der Waals surface area contributed by atoms with Crippen molar-refractivity contribution >= 4 is 33.9 Å². The Balaban J connectivity index is 1.79. The Morgan fingerprint density at radius 3 is 2.74 bits per heavy atom. The van der Waals surface area contributed by atoms with E-state index in [1.807, 2.05) is 6.07 Å². The largest absolute Gasteiger partial charge is 0.494 e. The summed E-state index contributed by atoms with van der Waals surface area (Å²) in [6.07, 6.45) is 6.24. The van der Waals surface area contributed by atoms with Crippen LogP contribution >= 0.6 is 11.3 Å². The molecule has 8 heteroatoms. The summed E-state index contributed by atoms with van der Waals surface area (Å²) >= 11 is 1.73. The number of hydrogen-bond acceptors (Lipinski definition) is 6. The fourth-order valence-electron chi connectivity index (χ4n) is 4.43. The third kappa shape index (κ3) is 3.22. The van der Waals surface area contributed by atoms with E-state index in [0.717, 1.165) is 59.4 Å². The number of pyridine rings is 1. The molecule has 1 fully saturated rings. The van der Waals surface area contributed by atoms with Crippen molar-refractivity contribution < 1.29 is 19.5 Å². The highest BCUT2D eigenvalue weighted by atomic mass is 32.1. The van der Waals surface area contributed by atoms with Gasteiger partial charge in [0.15, 0.2) is 5.75 Å². The lowest BCUT2D eigenvalue weighted by atomic mass is 9.94. The van der Waals surface area contributed by atoms with Crippen LogP contribution in [0.1, 0.15) is 58.0 Å². The monoisotopic (exact) mass is 438 g/mol. The summed E-state index contributed by atoms with van der Waals surface area (Å²) in [4.78, 5) is 34.7. The van der Waals surface area contributed by atoms with E-state index < -0.39 is 11.4 Å². The lowest BCUT2D eigenvalue weighted by Crippen LogP contribution is -2.16. The van der Waals surface area contributed by atoms with Gasteiger partial charge in [-0.2, -0.15) is 0 Å². The second-order valence-electron chi connectivity index (χ2n) is 7.93. The molecule has 160 valence electrons. The van der Waals surface area contributed by atoms with E-state index in [0.29, 0.717) is 22.6 Å². The zero-order valence-corrected chi connectivity index (χ0v) is 18.1. The Morgan fingerprint density at radius 1 is 1.26 bits per heavy atom. The molecule has 2 aliphatic rings. The first-order valence-electron chi connectivity index (χ1n) is 10.3. The van der Waals surface area contributed by atoms with E-state index in [-0.39, 0.29) is 5.56 Å². The average Bonchev–Trinajstić information content (AvgIpc) is 3.51. The number of carboxylic acids is 1. The summed E-state index contributed by atoms with van der Waals surface area (Å²) in [5.74, 6) is -0.320. The number of fused-ring (bicyclic) bond motifs is 2. The third-order valence-corrected chi connectivity index (χ3v) is 7.21. The Hall–Kier alpha value is -3.13. The molecule has 2 N–H and O–H groups in total. The van der Waals surface area contributed by atoms with Crippen molar-refractivity contribution in [2.75, 3.05) is 14.2 Å². The highest BCUT2D eigenvalue weighted by Gasteiger charge is 2.32. The maximum absolute atomic E-state index is 12.9. The number of aromatic amines is 1. The summed E-state index contributed by atoms with van der Waals surface area (Å²) < 4.78 is 5.83. The lowest BCUT2D eigenvalue weighted by molar-refractivity contribution is 0.0695. The molecule has 1 saturated carbocycles. The molecular formula is C23H22N2O5S. The van der Waals surface area contributed by atoms with Crippen LogP contribution in [-0.2, 0) is 11.3 Å². The number of oxime groups is 1. The SMILES string of the molecule is CO/N=C1\CCCc2sc(-c3c(C4CC4)cc4c(=O)c(C(=O)O)c[nH]c4c3OC)cc21. The van der Waals surface area contributed by atoms with Gasteiger partial charge < -0.3 is 19.7 Å². The van der Waals surface area contributed by atoms with Gasteiger partial charge in [0.05, 0.1) is 23.7 Å². The molecule has 0 radical (unpaired) electrons. The van der Waals surface area contributed by atoms with Crippen molar-refractivity contribution in [1.29, 1.82) is 0 Å². The molecule has 2 aromatic heterocycles. The van der Waals surface area contributed by atoms with Crippen LogP contribution in [-0.4, -0.2) is 36.0 Å². The van der Waals surface area contributed by atoms with Crippen LogP contribution in [0.5, 0.6) is 5.75 Å². The minimum atomic E-state index is -1.24. The summed E-state index contributed by atoms with van der Waals surface area (Å²) in [6.45, 7) is 0. The Labute approximate surface area is 182 Å². The Bertz CT molecular complexity index is 1300. The summed E-state index contributed by atoms with van der Waals surface area (Å²) in [5.41, 5.74) is 3.86. The molecule has 0 saturated heterocycles. The third-order valence-electron chi connectivity index (χ3n) is 6.00. The van der Waals surface area contributed by atoms with Gasteiger partial charge in [-0.15, -0.1) is 11.3 Å². The number of aromatic carboxylic acids is 1. The molecule has 0 aliphatic heterocycles. The van der Waals surface area contributed by atoms with Gasteiger partial charge in [-0.1, -0.05) is 5.16 Å². The molecule has 1 aromatic carbocycles. The standard InChI is InChI=1S/C23H22N2O5S/c1-29-22-19(18-9-13-16(25-30-2)4-3-5-17(13)31-18)12(11-6-7-11)8-14-20(22)24-10-15(21(14)26)23(27)28/h8-11H,3-7H2,1-2H3,(H,24,26)(H,27,28)/b25-16+. The van der Waals surface area contributed by atoms with Gasteiger partial charge in [0.1, 0.15) is 12.7 Å². The normalized spacial score (nSPS) is 17.0. The second kappa shape index (κ2) is 7.53. The number of aromatic nitrogens is 1. The number of nitrogens with one attached hydrogen (secondary N) is 1. The number of nitrogens with zero attached hydrogens (tertiary/aromatic N) is 1. The number of methoxy groups -OCH3 is 1. The van der Waals surface area contributed by atoms with Crippen LogP contribution in [0.3, 0.4) is 0 Å². The smallest absolute Gasteiger partial charge is 0.341 e. The van der Waals surface area contributed by atoms with Crippen LogP contribution in [0.2, 0.25) is 0 Å². The molecule has 2 heterocycles. The summed E-state index contributed by atoms with van der Waals surface area (Å²) in [7, 11) is 3.15. The number of thiophene rings is 1. The molecule has 7 nitrogen and oxygen atoms in total. The topological polar surface area (TPSA) is 101 Å². The number of aryl methyl sites for hydroxylation is 1. The molecule has 3 aromatic rings. The van der Waals surface area contributed by atoms with Crippen molar-refractivity contribution in [2.24, 2.45) is 5.16 Å². The van der Waals surface area contributed by atoms with Gasteiger partial charge in [0, 0.05) is 27.1 Å². The van der Waals surface area contributed by atoms with Crippen molar-refractivity contribution in [3.8, 4) is 16.2 Å². The number of ether oxygens (including phenoxy) is 1. The summed E-state index contributed by atoms with van der Waals surface area (Å²) in [5, 5.41) is 13.9. The molecule has 0 spiro atoms. The van der Waals surface area contributed by atoms with E-state index in [9.17, 15) is 14.7 Å².